The summed E-state index contributed by atoms with van der Waals surface area (Å²) in [6.07, 6.45) is 11.4. The maximum Gasteiger partial charge on any atom is 0.424 e. The standard InChI is InChI=1S/C27H26ClN3O4S2.C26H26N2O5S2.C26H28N2O4S3.C25H25N3O4S3/c28-23-18-25(26(33)34)37-24(23)10-13-31-27(35)36-15-14-30(31)12-9-22(32)17-20-5-3-4-19(16-20)7-8-21-6-1-2-11-29-21;29-22(17-21-3-1-2-19(16-21)4-5-20-10-15-34-18-20)8-11-27-13-14-33-26(32)28(27)12-9-23-6-7-24(35-23)25(30)31;29-22(17-21-3-1-2-19(16-21)4-5-20-10-14-33-18-20)8-11-27-13-15-34-26(32)28(27)12-9-23-6-7-24(35-23)25(30)31;29-20(17-19-3-1-2-18(16-19)4-7-23-26-10-14-33-23)8-11-27-13-15-34-25(32)28(27)12-9-21-5-6-22(35-21)24(30)31/h1-6,11,16,18,22,32H,9-10,12-15,17H2,(H,33,34);1-3,6-7,10,15-16,18,22,29H,8-9,11-14,17H2,(H,30,31);1-7,10,14,16,18,22,29H,8-9,11-13,15,17H2,(H,30,31);1-3,5-6,10,14,16,20,29H,8-9,11-13,15,17H2,(H,30,31)/b;;5-4+;. The Bertz CT molecular complexity index is 6230. The van der Waals surface area contributed by atoms with Crippen LogP contribution < -0.4 is 0 Å². The highest BCUT2D eigenvalue weighted by Gasteiger charge is 2.33. The number of carbonyl (C=O) groups is 8. The van der Waals surface area contributed by atoms with Gasteiger partial charge in [0.2, 0.25) is 0 Å². The van der Waals surface area contributed by atoms with Gasteiger partial charge >= 0.3 is 30.0 Å². The van der Waals surface area contributed by atoms with Crippen LogP contribution in [0.4, 0.5) is 19.2 Å². The average Bonchev–Trinajstić information content (AvgIpc) is 1.29. The van der Waals surface area contributed by atoms with Gasteiger partial charge in [-0.15, -0.1) is 56.7 Å². The fourth-order valence-electron chi connectivity index (χ4n) is 15.3. The molecule has 38 heteroatoms. The monoisotopic (exact) mass is 2120 g/mol. The number of aromatic carboxylic acids is 4. The Hall–Kier alpha value is -11.1. The number of carboxylic acids is 4. The van der Waals surface area contributed by atoms with Crippen molar-refractivity contribution in [3.63, 3.8) is 0 Å². The van der Waals surface area contributed by atoms with Crippen LogP contribution in [0.25, 0.3) is 12.2 Å². The normalized spacial score (nSPS) is 15.0. The van der Waals surface area contributed by atoms with Crippen molar-refractivity contribution in [1.82, 2.24) is 50.0 Å². The van der Waals surface area contributed by atoms with E-state index < -0.39 is 54.4 Å². The minimum absolute atomic E-state index is 0.00543. The smallest absolute Gasteiger partial charge is 0.424 e. The van der Waals surface area contributed by atoms with Crippen LogP contribution >= 0.6 is 126 Å². The van der Waals surface area contributed by atoms with Crippen LogP contribution in [0.3, 0.4) is 0 Å². The van der Waals surface area contributed by atoms with Gasteiger partial charge in [-0.1, -0.05) is 149 Å². The highest BCUT2D eigenvalue weighted by atomic mass is 35.5. The Morgan fingerprint density at radius 2 is 0.824 bits per heavy atom. The number of thiophene rings is 6. The maximum absolute atomic E-state index is 12.6. The number of carboxylic acid groups (broad SMARTS) is 4. The van der Waals surface area contributed by atoms with Crippen molar-refractivity contribution in [3.8, 4) is 35.5 Å². The van der Waals surface area contributed by atoms with E-state index in [1.807, 2.05) is 151 Å². The van der Waals surface area contributed by atoms with Crippen molar-refractivity contribution < 1.29 is 83.9 Å². The van der Waals surface area contributed by atoms with Gasteiger partial charge in [0, 0.05) is 180 Å². The third-order valence-electron chi connectivity index (χ3n) is 22.5. The third kappa shape index (κ3) is 35.1. The zero-order valence-corrected chi connectivity index (χ0v) is 86.1. The van der Waals surface area contributed by atoms with E-state index in [2.05, 4.69) is 86.6 Å². The fraction of sp³-hybridized carbons (Fsp3) is 0.308. The molecule has 12 heterocycles. The Kier molecular flexibility index (Phi) is 42.8. The number of pyridine rings is 1. The van der Waals surface area contributed by atoms with Crippen LogP contribution in [-0.4, -0.2) is 263 Å². The molecule has 142 heavy (non-hydrogen) atoms. The van der Waals surface area contributed by atoms with Crippen LogP contribution in [0.2, 0.25) is 5.02 Å². The van der Waals surface area contributed by atoms with Gasteiger partial charge in [-0.05, 0) is 216 Å². The molecule has 4 aromatic carbocycles. The lowest BCUT2D eigenvalue weighted by atomic mass is 10.0. The second-order valence-electron chi connectivity index (χ2n) is 32.8. The first-order chi connectivity index (χ1) is 68.8. The van der Waals surface area contributed by atoms with Crippen molar-refractivity contribution in [2.75, 3.05) is 102 Å². The van der Waals surface area contributed by atoms with Gasteiger partial charge in [0.1, 0.15) is 31.8 Å². The van der Waals surface area contributed by atoms with E-state index in [1.165, 1.54) is 92.3 Å². The van der Waals surface area contributed by atoms with Crippen LogP contribution in [0.15, 0.2) is 209 Å². The first kappa shape index (κ1) is 108. The molecule has 8 N–H and O–H groups in total. The fourth-order valence-corrected chi connectivity index (χ4v) is 23.3. The van der Waals surface area contributed by atoms with Crippen molar-refractivity contribution >= 4 is 184 Å². The topological polar surface area (TPSA) is 359 Å². The number of hydrazine groups is 4. The van der Waals surface area contributed by atoms with E-state index in [1.54, 1.807) is 85.4 Å². The molecule has 4 fully saturated rings. The molecule has 4 aliphatic heterocycles. The van der Waals surface area contributed by atoms with Gasteiger partial charge < -0.3 is 45.6 Å². The number of aromatic nitrogens is 2. The van der Waals surface area contributed by atoms with E-state index in [0.29, 0.717) is 181 Å². The number of ether oxygens (including phenoxy) is 1. The van der Waals surface area contributed by atoms with Gasteiger partial charge in [-0.2, -0.15) is 22.7 Å². The molecule has 0 spiro atoms. The third-order valence-corrected chi connectivity index (χ3v) is 32.1. The molecule has 0 radical (unpaired) electrons. The van der Waals surface area contributed by atoms with Crippen LogP contribution in [0.5, 0.6) is 0 Å². The van der Waals surface area contributed by atoms with Gasteiger partial charge in [0.05, 0.1) is 36.0 Å². The van der Waals surface area contributed by atoms with E-state index in [0.717, 1.165) is 105 Å². The summed E-state index contributed by atoms with van der Waals surface area (Å²) in [6.45, 7) is 7.02. The number of carbonyl (C=O) groups excluding carboxylic acids is 4. The number of halogens is 1. The molecule has 16 rings (SSSR count). The number of rotatable bonds is 38. The number of nitrogens with zero attached hydrogens (tertiary/aromatic N) is 10. The Morgan fingerprint density at radius 1 is 0.394 bits per heavy atom. The Morgan fingerprint density at radius 3 is 1.25 bits per heavy atom. The van der Waals surface area contributed by atoms with E-state index in [-0.39, 0.29) is 25.5 Å². The molecule has 0 bridgehead atoms. The number of benzene rings is 4. The minimum Gasteiger partial charge on any atom is -0.477 e. The van der Waals surface area contributed by atoms with Crippen LogP contribution in [0.1, 0.15) is 150 Å². The first-order valence-electron chi connectivity index (χ1n) is 45.7. The number of amides is 4. The summed E-state index contributed by atoms with van der Waals surface area (Å²) < 4.78 is 5.20. The number of hydrogen-bond donors (Lipinski definition) is 8. The van der Waals surface area contributed by atoms with Gasteiger partial charge in [-0.25, -0.2) is 59.0 Å². The second kappa shape index (κ2) is 56.2. The van der Waals surface area contributed by atoms with Gasteiger partial charge in [-0.3, -0.25) is 29.4 Å². The highest BCUT2D eigenvalue weighted by molar-refractivity contribution is 8.14. The number of hydrogen-bond acceptors (Lipinski definition) is 29. The highest BCUT2D eigenvalue weighted by Crippen LogP contribution is 2.32. The predicted molar refractivity (Wildman–Crippen MR) is 568 cm³/mol. The number of cyclic esters (lactones) is 1. The Labute approximate surface area is 869 Å². The lowest BCUT2D eigenvalue weighted by molar-refractivity contribution is -0.0722. The van der Waals surface area contributed by atoms with Crippen molar-refractivity contribution in [1.29, 1.82) is 0 Å². The molecule has 740 valence electrons. The number of aliphatic hydroxyl groups excluding tert-OH is 4. The maximum atomic E-state index is 12.6. The summed E-state index contributed by atoms with van der Waals surface area (Å²) in [7, 11) is 0. The SMILES string of the molecule is O=C(O)c1cc(Cl)c(CCN2C(=O)SCCN2CCC(O)Cc2cccc(C#Cc3ccccn3)c2)s1.O=C(O)c1ccc(CCN2C(=O)OCCN2CCC(O)Cc2cccc(C#Cc3ccsc3)c2)s1.O=C(O)c1ccc(CCN2C(=O)SCCN2CCC(O)Cc2cccc(/C=C/c3ccsc3)c2)s1.O=C(O)c1ccc(CCN2C(=O)SCCN2CCC(O)Cc2cccc(C#Cc3nccs3)c2)s1. The van der Waals surface area contributed by atoms with Gasteiger partial charge in [0.15, 0.2) is 5.01 Å². The average molecular weight is 2120 g/mol. The Balaban J connectivity index is 0.000000159. The largest absolute Gasteiger partial charge is 0.477 e. The lowest BCUT2D eigenvalue weighted by Gasteiger charge is -2.38. The molecule has 0 saturated carbocycles. The molecule has 27 nitrogen and oxygen atoms in total. The zero-order valence-electron chi connectivity index (χ0n) is 77.2. The molecule has 4 unspecified atom stereocenters. The molecule has 8 aromatic heterocycles. The van der Waals surface area contributed by atoms with E-state index in [9.17, 15) is 63.9 Å². The quantitative estimate of drug-likeness (QED) is 0.0167. The van der Waals surface area contributed by atoms with E-state index >= 15 is 0 Å². The van der Waals surface area contributed by atoms with Crippen molar-refractivity contribution in [2.45, 2.75) is 101 Å². The second-order valence-corrected chi connectivity index (χ2v) is 43.4. The molecule has 0 aliphatic carbocycles. The molecule has 4 aliphatic rings. The number of thiazole rings is 1. The minimum atomic E-state index is -1.01. The molecule has 4 saturated heterocycles. The zero-order chi connectivity index (χ0) is 100. The molecule has 12 aromatic rings. The van der Waals surface area contributed by atoms with Crippen LogP contribution in [-0.2, 0) is 56.1 Å². The summed E-state index contributed by atoms with van der Waals surface area (Å²) in [5.41, 5.74) is 10.7. The summed E-state index contributed by atoms with van der Waals surface area (Å²) >= 11 is 19.7. The predicted octanol–water partition coefficient (Wildman–Crippen LogP) is 18.8. The molecular formula is C104H105ClN10O17S10. The van der Waals surface area contributed by atoms with Crippen LogP contribution in [0, 0.1) is 35.5 Å². The first-order valence-corrected chi connectivity index (χ1v) is 55.1. The summed E-state index contributed by atoms with van der Waals surface area (Å²) in [4.78, 5) is 108. The summed E-state index contributed by atoms with van der Waals surface area (Å²) in [6, 6.07) is 53.0. The number of thioether (sulfide) groups is 3. The van der Waals surface area contributed by atoms with Crippen molar-refractivity contribution in [2.24, 2.45) is 0 Å². The molecule has 4 atom stereocenters. The summed E-state index contributed by atoms with van der Waals surface area (Å²) in [5, 5.41) is 105. The molecule has 4 amide bonds. The lowest BCUT2D eigenvalue weighted by Crippen LogP contribution is -2.53. The van der Waals surface area contributed by atoms with Crippen molar-refractivity contribution in [3.05, 3.63) is 320 Å². The van der Waals surface area contributed by atoms with E-state index in [4.69, 9.17) is 31.7 Å². The number of aliphatic hydroxyl groups is 4. The summed E-state index contributed by atoms with van der Waals surface area (Å²) in [5.74, 6) is 17.0. The van der Waals surface area contributed by atoms with Gasteiger partial charge in [0.25, 0.3) is 15.7 Å². The molecular weight excluding hydrogens is 2020 g/mol.